The summed E-state index contributed by atoms with van der Waals surface area (Å²) in [7, 11) is 1.18. The van der Waals surface area contributed by atoms with E-state index >= 15 is 0 Å². The van der Waals surface area contributed by atoms with Crippen molar-refractivity contribution < 1.29 is 23.8 Å². The van der Waals surface area contributed by atoms with Crippen LogP contribution in [-0.2, 0) is 14.3 Å². The number of hydrogen-bond acceptors (Lipinski definition) is 5. The van der Waals surface area contributed by atoms with Crippen LogP contribution in [0.15, 0.2) is 24.3 Å². The Balaban J connectivity index is 1.72. The number of esters is 1. The number of Topliss-reactive ketones (excluding diaryl/α,β-unsaturated/α-hetero) is 1. The van der Waals surface area contributed by atoms with E-state index in [4.69, 9.17) is 9.47 Å². The second-order valence-electron chi connectivity index (χ2n) is 5.32. The number of benzene rings is 1. The lowest BCUT2D eigenvalue weighted by Gasteiger charge is -2.21. The Morgan fingerprint density at radius 1 is 1.05 bits per heavy atom. The number of methoxy groups -OCH3 is 1. The first-order valence-corrected chi connectivity index (χ1v) is 7.68. The molecule has 0 radical (unpaired) electrons. The Morgan fingerprint density at radius 3 is 2.36 bits per heavy atom. The van der Waals surface area contributed by atoms with E-state index in [1.54, 1.807) is 24.3 Å². The summed E-state index contributed by atoms with van der Waals surface area (Å²) in [6.45, 7) is 1.04. The number of ether oxygens (including phenoxy) is 3. The summed E-state index contributed by atoms with van der Waals surface area (Å²) in [6.07, 6.45) is 6.47. The van der Waals surface area contributed by atoms with Crippen LogP contribution < -0.4 is 4.74 Å². The van der Waals surface area contributed by atoms with E-state index in [2.05, 4.69) is 4.74 Å². The van der Waals surface area contributed by atoms with Crippen molar-refractivity contribution in [3.05, 3.63) is 29.8 Å². The number of carbonyl (C=O) groups excluding carboxylic acids is 2. The molecule has 1 aliphatic rings. The van der Waals surface area contributed by atoms with Crippen molar-refractivity contribution in [3.63, 3.8) is 0 Å². The second kappa shape index (κ2) is 8.54. The summed E-state index contributed by atoms with van der Waals surface area (Å²) in [5, 5.41) is 0. The van der Waals surface area contributed by atoms with Gasteiger partial charge in [0.25, 0.3) is 5.78 Å². The molecule has 5 nitrogen and oxygen atoms in total. The van der Waals surface area contributed by atoms with Gasteiger partial charge in [0, 0.05) is 5.56 Å². The van der Waals surface area contributed by atoms with Gasteiger partial charge in [0.2, 0.25) is 0 Å². The Kier molecular flexibility index (Phi) is 6.40. The highest BCUT2D eigenvalue weighted by molar-refractivity contribution is 6.40. The minimum absolute atomic E-state index is 0.289. The van der Waals surface area contributed by atoms with Crippen molar-refractivity contribution in [2.45, 2.75) is 38.2 Å². The summed E-state index contributed by atoms with van der Waals surface area (Å²) in [5.41, 5.74) is 0.289. The molecule has 22 heavy (non-hydrogen) atoms. The fraction of sp³-hybridized carbons (Fsp3) is 0.529. The molecule has 0 aliphatic heterocycles. The van der Waals surface area contributed by atoms with Gasteiger partial charge in [-0.3, -0.25) is 4.79 Å². The van der Waals surface area contributed by atoms with E-state index in [1.807, 2.05) is 0 Å². The molecule has 0 saturated heterocycles. The number of rotatable bonds is 7. The van der Waals surface area contributed by atoms with Crippen molar-refractivity contribution in [3.8, 4) is 5.75 Å². The molecule has 1 aliphatic carbocycles. The summed E-state index contributed by atoms with van der Waals surface area (Å²) in [6, 6.07) is 6.43. The fourth-order valence-electron chi connectivity index (χ4n) is 2.52. The number of hydrogen-bond donors (Lipinski definition) is 0. The molecular weight excluding hydrogens is 284 g/mol. The molecule has 0 unspecified atom stereocenters. The van der Waals surface area contributed by atoms with Crippen LogP contribution >= 0.6 is 0 Å². The highest BCUT2D eigenvalue weighted by Gasteiger charge is 2.16. The quantitative estimate of drug-likeness (QED) is 0.335. The Bertz CT molecular complexity index is 488. The maximum Gasteiger partial charge on any atom is 0.379 e. The monoisotopic (exact) mass is 306 g/mol. The van der Waals surface area contributed by atoms with E-state index in [9.17, 15) is 9.59 Å². The van der Waals surface area contributed by atoms with Gasteiger partial charge >= 0.3 is 5.97 Å². The van der Waals surface area contributed by atoms with Crippen molar-refractivity contribution in [1.29, 1.82) is 0 Å². The largest absolute Gasteiger partial charge is 0.491 e. The molecule has 1 saturated carbocycles. The van der Waals surface area contributed by atoms with Gasteiger partial charge in [-0.1, -0.05) is 19.3 Å². The molecule has 0 aromatic heterocycles. The van der Waals surface area contributed by atoms with Gasteiger partial charge in [-0.15, -0.1) is 0 Å². The number of carbonyl (C=O) groups is 2. The van der Waals surface area contributed by atoms with E-state index < -0.39 is 11.8 Å². The zero-order valence-corrected chi connectivity index (χ0v) is 12.9. The summed E-state index contributed by atoms with van der Waals surface area (Å²) >= 11 is 0. The van der Waals surface area contributed by atoms with Crippen molar-refractivity contribution >= 4 is 11.8 Å². The normalized spacial score (nSPS) is 15.3. The Hall–Kier alpha value is -1.88. The average Bonchev–Trinajstić information content (AvgIpc) is 2.59. The molecular formula is C17H22O5. The van der Waals surface area contributed by atoms with Crippen LogP contribution in [0.5, 0.6) is 5.75 Å². The minimum atomic E-state index is -0.866. The van der Waals surface area contributed by atoms with E-state index in [0.717, 1.165) is 12.8 Å². The molecule has 1 aromatic rings. The van der Waals surface area contributed by atoms with Gasteiger partial charge < -0.3 is 14.2 Å². The zero-order chi connectivity index (χ0) is 15.8. The van der Waals surface area contributed by atoms with E-state index in [-0.39, 0.29) is 5.56 Å². The molecule has 0 N–H and O–H groups in total. The minimum Gasteiger partial charge on any atom is -0.491 e. The third kappa shape index (κ3) is 4.84. The lowest BCUT2D eigenvalue weighted by Crippen LogP contribution is -2.19. The zero-order valence-electron chi connectivity index (χ0n) is 12.9. The molecule has 120 valence electrons. The second-order valence-corrected chi connectivity index (χ2v) is 5.32. The van der Waals surface area contributed by atoms with Crippen LogP contribution in [0.1, 0.15) is 42.5 Å². The standard InChI is InChI=1S/C17H22O5/c1-20-17(19)16(18)13-7-9-15(10-8-13)22-12-11-21-14-5-3-2-4-6-14/h7-10,14H,2-6,11-12H2,1H3. The van der Waals surface area contributed by atoms with Crippen LogP contribution in [0.25, 0.3) is 0 Å². The van der Waals surface area contributed by atoms with Crippen molar-refractivity contribution in [2.24, 2.45) is 0 Å². The maximum atomic E-state index is 11.6. The fourth-order valence-corrected chi connectivity index (χ4v) is 2.52. The molecule has 0 amide bonds. The number of ketones is 1. The summed E-state index contributed by atoms with van der Waals surface area (Å²) in [4.78, 5) is 22.7. The average molecular weight is 306 g/mol. The SMILES string of the molecule is COC(=O)C(=O)c1ccc(OCCOC2CCCCC2)cc1. The lowest BCUT2D eigenvalue weighted by molar-refractivity contribution is -0.135. The van der Waals surface area contributed by atoms with Crippen LogP contribution in [0.4, 0.5) is 0 Å². The molecule has 0 bridgehead atoms. The van der Waals surface area contributed by atoms with Crippen molar-refractivity contribution in [1.82, 2.24) is 0 Å². The highest BCUT2D eigenvalue weighted by atomic mass is 16.5. The van der Waals surface area contributed by atoms with Gasteiger partial charge in [0.1, 0.15) is 12.4 Å². The lowest BCUT2D eigenvalue weighted by atomic mass is 9.98. The molecule has 1 fully saturated rings. The third-order valence-electron chi connectivity index (χ3n) is 3.75. The molecule has 0 atom stereocenters. The topological polar surface area (TPSA) is 61.8 Å². The van der Waals surface area contributed by atoms with Gasteiger partial charge in [0.05, 0.1) is 19.8 Å². The summed E-state index contributed by atoms with van der Waals surface area (Å²) in [5.74, 6) is -0.877. The predicted molar refractivity (Wildman–Crippen MR) is 81.1 cm³/mol. The first-order chi connectivity index (χ1) is 10.7. The first kappa shape index (κ1) is 16.5. The van der Waals surface area contributed by atoms with Gasteiger partial charge in [-0.25, -0.2) is 4.79 Å². The Labute approximate surface area is 130 Å². The summed E-state index contributed by atoms with van der Waals surface area (Å²) < 4.78 is 15.7. The Morgan fingerprint density at radius 2 is 1.73 bits per heavy atom. The van der Waals surface area contributed by atoms with Crippen LogP contribution in [-0.4, -0.2) is 38.2 Å². The van der Waals surface area contributed by atoms with Crippen LogP contribution in [0, 0.1) is 0 Å². The van der Waals surface area contributed by atoms with E-state index in [1.165, 1.54) is 26.4 Å². The molecule has 5 heteroatoms. The van der Waals surface area contributed by atoms with Crippen LogP contribution in [0.2, 0.25) is 0 Å². The van der Waals surface area contributed by atoms with Gasteiger partial charge in [-0.2, -0.15) is 0 Å². The van der Waals surface area contributed by atoms with Gasteiger partial charge in [-0.05, 0) is 37.1 Å². The molecule has 0 heterocycles. The van der Waals surface area contributed by atoms with E-state index in [0.29, 0.717) is 25.1 Å². The molecule has 2 rings (SSSR count). The first-order valence-electron chi connectivity index (χ1n) is 7.68. The maximum absolute atomic E-state index is 11.6. The van der Waals surface area contributed by atoms with Crippen molar-refractivity contribution in [2.75, 3.05) is 20.3 Å². The molecule has 0 spiro atoms. The van der Waals surface area contributed by atoms with Gasteiger partial charge in [0.15, 0.2) is 0 Å². The third-order valence-corrected chi connectivity index (χ3v) is 3.75. The molecule has 1 aromatic carbocycles. The smallest absolute Gasteiger partial charge is 0.379 e. The van der Waals surface area contributed by atoms with Crippen LogP contribution in [0.3, 0.4) is 0 Å². The predicted octanol–water partition coefficient (Wildman–Crippen LogP) is 2.77. The highest BCUT2D eigenvalue weighted by Crippen LogP contribution is 2.20.